The van der Waals surface area contributed by atoms with Crippen molar-refractivity contribution in [3.05, 3.63) is 81.7 Å². The van der Waals surface area contributed by atoms with Crippen LogP contribution in [-0.4, -0.2) is 25.0 Å². The highest BCUT2D eigenvalue weighted by Gasteiger charge is 2.10. The molecule has 0 bridgehead atoms. The SMILES string of the molecule is O=C(COc1ccccc1OCC(=O)Nc1ccc(Br)cc1)Nc1ccc(Br)cc1. The zero-order valence-electron chi connectivity index (χ0n) is 15.7. The van der Waals surface area contributed by atoms with E-state index >= 15 is 0 Å². The highest BCUT2D eigenvalue weighted by Crippen LogP contribution is 2.26. The fourth-order valence-corrected chi connectivity index (χ4v) is 2.96. The van der Waals surface area contributed by atoms with Crippen molar-refractivity contribution in [2.75, 3.05) is 23.8 Å². The maximum absolute atomic E-state index is 12.1. The molecule has 0 atom stereocenters. The van der Waals surface area contributed by atoms with Crippen LogP contribution >= 0.6 is 31.9 Å². The van der Waals surface area contributed by atoms with Gasteiger partial charge in [0.1, 0.15) is 0 Å². The van der Waals surface area contributed by atoms with Crippen LogP contribution in [0.1, 0.15) is 0 Å². The van der Waals surface area contributed by atoms with Gasteiger partial charge in [0.25, 0.3) is 11.8 Å². The van der Waals surface area contributed by atoms with Crippen LogP contribution in [0, 0.1) is 0 Å². The predicted octanol–water partition coefficient (Wildman–Crippen LogP) is 5.25. The second kappa shape index (κ2) is 10.8. The molecule has 0 radical (unpaired) electrons. The minimum Gasteiger partial charge on any atom is -0.480 e. The number of hydrogen-bond acceptors (Lipinski definition) is 4. The van der Waals surface area contributed by atoms with Gasteiger partial charge in [0.2, 0.25) is 0 Å². The molecule has 30 heavy (non-hydrogen) atoms. The lowest BCUT2D eigenvalue weighted by Gasteiger charge is -2.13. The number of anilines is 2. The fraction of sp³-hybridized carbons (Fsp3) is 0.0909. The summed E-state index contributed by atoms with van der Waals surface area (Å²) in [6.45, 7) is -0.386. The number of hydrogen-bond donors (Lipinski definition) is 2. The summed E-state index contributed by atoms with van der Waals surface area (Å²) in [6, 6.07) is 21.3. The Kier molecular flexibility index (Phi) is 7.87. The molecule has 0 saturated heterocycles. The molecule has 0 aliphatic rings. The Morgan fingerprint density at radius 3 is 1.37 bits per heavy atom. The average molecular weight is 534 g/mol. The van der Waals surface area contributed by atoms with Gasteiger partial charge in [0, 0.05) is 20.3 Å². The minimum atomic E-state index is -0.305. The van der Waals surface area contributed by atoms with Crippen molar-refractivity contribution in [3.8, 4) is 11.5 Å². The molecule has 2 amide bonds. The lowest BCUT2D eigenvalue weighted by atomic mass is 10.3. The molecule has 0 unspecified atom stereocenters. The zero-order chi connectivity index (χ0) is 21.3. The van der Waals surface area contributed by atoms with Crippen LogP contribution in [0.3, 0.4) is 0 Å². The predicted molar refractivity (Wildman–Crippen MR) is 123 cm³/mol. The van der Waals surface area contributed by atoms with Crippen molar-refractivity contribution in [2.45, 2.75) is 0 Å². The number of para-hydroxylation sites is 2. The second-order valence-corrected chi connectivity index (χ2v) is 7.97. The van der Waals surface area contributed by atoms with Gasteiger partial charge < -0.3 is 20.1 Å². The van der Waals surface area contributed by atoms with Crippen LogP contribution in [0.2, 0.25) is 0 Å². The summed E-state index contributed by atoms with van der Waals surface area (Å²) < 4.78 is 13.0. The Morgan fingerprint density at radius 2 is 1.00 bits per heavy atom. The first kappa shape index (κ1) is 21.9. The number of nitrogens with one attached hydrogen (secondary N) is 2. The van der Waals surface area contributed by atoms with Gasteiger partial charge in [-0.1, -0.05) is 44.0 Å². The number of halogens is 2. The van der Waals surface area contributed by atoms with E-state index in [1.165, 1.54) is 0 Å². The monoisotopic (exact) mass is 532 g/mol. The number of carbonyl (C=O) groups excluding carboxylic acids is 2. The Hall–Kier alpha value is -2.84. The second-order valence-electron chi connectivity index (χ2n) is 6.13. The molecule has 0 fully saturated rings. The minimum absolute atomic E-state index is 0.193. The maximum Gasteiger partial charge on any atom is 0.262 e. The first-order valence-electron chi connectivity index (χ1n) is 8.95. The van der Waals surface area contributed by atoms with E-state index in [4.69, 9.17) is 9.47 Å². The Balaban J connectivity index is 1.51. The Bertz CT molecular complexity index is 926. The van der Waals surface area contributed by atoms with Crippen molar-refractivity contribution in [2.24, 2.45) is 0 Å². The van der Waals surface area contributed by atoms with Gasteiger partial charge in [-0.15, -0.1) is 0 Å². The molecule has 6 nitrogen and oxygen atoms in total. The third-order valence-electron chi connectivity index (χ3n) is 3.82. The average Bonchev–Trinajstić information content (AvgIpc) is 2.74. The standard InChI is InChI=1S/C22H18Br2N2O4/c23-15-5-9-17(10-6-15)25-21(27)13-29-19-3-1-2-4-20(19)30-14-22(28)26-18-11-7-16(24)8-12-18/h1-12H,13-14H2,(H,25,27)(H,26,28). The van der Waals surface area contributed by atoms with E-state index in [1.807, 2.05) is 24.3 Å². The molecular weight excluding hydrogens is 516 g/mol. The first-order valence-corrected chi connectivity index (χ1v) is 10.5. The van der Waals surface area contributed by atoms with Gasteiger partial charge in [-0.2, -0.15) is 0 Å². The number of ether oxygens (including phenoxy) is 2. The number of carbonyl (C=O) groups is 2. The lowest BCUT2D eigenvalue weighted by molar-refractivity contribution is -0.119. The lowest BCUT2D eigenvalue weighted by Crippen LogP contribution is -2.22. The third kappa shape index (κ3) is 6.89. The normalized spacial score (nSPS) is 10.2. The summed E-state index contributed by atoms with van der Waals surface area (Å²) in [6.07, 6.45) is 0. The summed E-state index contributed by atoms with van der Waals surface area (Å²) in [7, 11) is 0. The van der Waals surface area contributed by atoms with Crippen molar-refractivity contribution >= 4 is 55.0 Å². The largest absolute Gasteiger partial charge is 0.480 e. The van der Waals surface area contributed by atoms with Gasteiger partial charge in [-0.05, 0) is 60.7 Å². The van der Waals surface area contributed by atoms with Gasteiger partial charge in [0.15, 0.2) is 24.7 Å². The highest BCUT2D eigenvalue weighted by molar-refractivity contribution is 9.10. The van der Waals surface area contributed by atoms with Gasteiger partial charge in [0.05, 0.1) is 0 Å². The van der Waals surface area contributed by atoms with Gasteiger partial charge >= 0.3 is 0 Å². The zero-order valence-corrected chi connectivity index (χ0v) is 18.9. The summed E-state index contributed by atoms with van der Waals surface area (Å²) in [5.41, 5.74) is 1.34. The molecule has 0 spiro atoms. The number of benzene rings is 3. The number of amides is 2. The van der Waals surface area contributed by atoms with Crippen LogP contribution < -0.4 is 20.1 Å². The van der Waals surface area contributed by atoms with Crippen LogP contribution in [0.4, 0.5) is 11.4 Å². The van der Waals surface area contributed by atoms with E-state index in [2.05, 4.69) is 42.5 Å². The van der Waals surface area contributed by atoms with E-state index in [9.17, 15) is 9.59 Å². The van der Waals surface area contributed by atoms with Crippen LogP contribution in [0.5, 0.6) is 11.5 Å². The van der Waals surface area contributed by atoms with E-state index in [1.54, 1.807) is 48.5 Å². The fourth-order valence-electron chi connectivity index (χ4n) is 2.44. The molecule has 3 aromatic carbocycles. The van der Waals surface area contributed by atoms with Gasteiger partial charge in [-0.3, -0.25) is 9.59 Å². The topological polar surface area (TPSA) is 76.7 Å². The molecule has 8 heteroatoms. The molecule has 0 heterocycles. The van der Waals surface area contributed by atoms with E-state index < -0.39 is 0 Å². The summed E-state index contributed by atoms with van der Waals surface area (Å²) in [5.74, 6) is 0.139. The molecule has 0 saturated carbocycles. The summed E-state index contributed by atoms with van der Waals surface area (Å²) in [5, 5.41) is 5.49. The van der Waals surface area contributed by atoms with Crippen LogP contribution in [0.15, 0.2) is 81.7 Å². The molecule has 0 aliphatic heterocycles. The molecule has 2 N–H and O–H groups in total. The summed E-state index contributed by atoms with van der Waals surface area (Å²) >= 11 is 6.69. The third-order valence-corrected chi connectivity index (χ3v) is 4.88. The molecule has 3 aromatic rings. The summed E-state index contributed by atoms with van der Waals surface area (Å²) in [4.78, 5) is 24.2. The molecule has 3 rings (SSSR count). The van der Waals surface area contributed by atoms with E-state index in [-0.39, 0.29) is 25.0 Å². The van der Waals surface area contributed by atoms with E-state index in [0.29, 0.717) is 22.9 Å². The molecular formula is C22H18Br2N2O4. The van der Waals surface area contributed by atoms with Crippen molar-refractivity contribution in [3.63, 3.8) is 0 Å². The highest BCUT2D eigenvalue weighted by atomic mass is 79.9. The van der Waals surface area contributed by atoms with Crippen LogP contribution in [0.25, 0.3) is 0 Å². The Morgan fingerprint density at radius 1 is 0.633 bits per heavy atom. The first-order chi connectivity index (χ1) is 14.5. The Labute approximate surface area is 190 Å². The van der Waals surface area contributed by atoms with Crippen molar-refractivity contribution in [1.29, 1.82) is 0 Å². The smallest absolute Gasteiger partial charge is 0.262 e. The van der Waals surface area contributed by atoms with Crippen LogP contribution in [-0.2, 0) is 9.59 Å². The van der Waals surface area contributed by atoms with E-state index in [0.717, 1.165) is 8.95 Å². The number of rotatable bonds is 8. The molecule has 0 aromatic heterocycles. The maximum atomic E-state index is 12.1. The van der Waals surface area contributed by atoms with Crippen molar-refractivity contribution < 1.29 is 19.1 Å². The van der Waals surface area contributed by atoms with Gasteiger partial charge in [-0.25, -0.2) is 0 Å². The molecule has 154 valence electrons. The molecule has 0 aliphatic carbocycles. The quantitative estimate of drug-likeness (QED) is 0.415. The van der Waals surface area contributed by atoms with Crippen molar-refractivity contribution in [1.82, 2.24) is 0 Å².